The summed E-state index contributed by atoms with van der Waals surface area (Å²) >= 11 is 1.65. The third kappa shape index (κ3) is 3.26. The molecule has 0 saturated heterocycles. The summed E-state index contributed by atoms with van der Waals surface area (Å²) in [6, 6.07) is 4.03. The number of nitrogens with zero attached hydrogens (tertiary/aromatic N) is 2. The minimum Gasteiger partial charge on any atom is -0.383 e. The average molecular weight is 293 g/mol. The minimum atomic E-state index is -0.000741. The zero-order valence-electron chi connectivity index (χ0n) is 12.0. The molecule has 1 N–H and O–H groups in total. The topological polar surface area (TPSA) is 58.2 Å². The maximum atomic E-state index is 12.7. The first-order chi connectivity index (χ1) is 9.63. The summed E-state index contributed by atoms with van der Waals surface area (Å²) in [5.41, 5.74) is 2.21. The summed E-state index contributed by atoms with van der Waals surface area (Å²) in [4.78, 5) is 15.7. The van der Waals surface area contributed by atoms with Gasteiger partial charge in [0.1, 0.15) is 0 Å². The van der Waals surface area contributed by atoms with E-state index in [1.807, 2.05) is 31.4 Å². The average Bonchev–Trinajstić information content (AvgIpc) is 3.04. The number of aromatic nitrogens is 2. The van der Waals surface area contributed by atoms with Gasteiger partial charge in [-0.15, -0.1) is 11.3 Å². The lowest BCUT2D eigenvalue weighted by Gasteiger charge is -2.22. The molecule has 1 amide bonds. The van der Waals surface area contributed by atoms with Crippen molar-refractivity contribution in [2.24, 2.45) is 0 Å². The van der Waals surface area contributed by atoms with Gasteiger partial charge in [0.2, 0.25) is 0 Å². The number of nitrogens with one attached hydrogen (secondary N) is 1. The van der Waals surface area contributed by atoms with Gasteiger partial charge in [-0.05, 0) is 25.3 Å². The molecule has 2 aromatic rings. The highest BCUT2D eigenvalue weighted by atomic mass is 32.1. The Hall–Kier alpha value is -1.66. The minimum absolute atomic E-state index is 0.000741. The molecule has 2 aromatic heterocycles. The van der Waals surface area contributed by atoms with Crippen molar-refractivity contribution in [2.75, 3.05) is 20.3 Å². The van der Waals surface area contributed by atoms with Crippen LogP contribution < -0.4 is 0 Å². The normalized spacial score (nSPS) is 10.8. The van der Waals surface area contributed by atoms with Crippen LogP contribution in [0.25, 0.3) is 0 Å². The molecule has 20 heavy (non-hydrogen) atoms. The van der Waals surface area contributed by atoms with E-state index < -0.39 is 0 Å². The SMILES string of the molecule is COCCN(Cc1cccs1)C(=O)c1c(C)n[nH]c1C. The highest BCUT2D eigenvalue weighted by Crippen LogP contribution is 2.17. The number of carbonyl (C=O) groups is 1. The number of hydrogen-bond donors (Lipinski definition) is 1. The van der Waals surface area contributed by atoms with Crippen molar-refractivity contribution in [2.45, 2.75) is 20.4 Å². The van der Waals surface area contributed by atoms with E-state index in [0.717, 1.165) is 16.3 Å². The van der Waals surface area contributed by atoms with Crippen molar-refractivity contribution in [3.05, 3.63) is 39.3 Å². The molecule has 0 saturated carbocycles. The zero-order chi connectivity index (χ0) is 14.5. The quantitative estimate of drug-likeness (QED) is 0.889. The number of rotatable bonds is 6. The summed E-state index contributed by atoms with van der Waals surface area (Å²) in [5.74, 6) is -0.000741. The standard InChI is InChI=1S/C14H19N3O2S/c1-10-13(11(2)16-15-10)14(18)17(6-7-19-3)9-12-5-4-8-20-12/h4-5,8H,6-7,9H2,1-3H3,(H,15,16). The van der Waals surface area contributed by atoms with Gasteiger partial charge < -0.3 is 9.64 Å². The third-order valence-corrected chi connectivity index (χ3v) is 3.98. The van der Waals surface area contributed by atoms with E-state index in [-0.39, 0.29) is 5.91 Å². The molecule has 0 spiro atoms. The Morgan fingerprint density at radius 2 is 2.30 bits per heavy atom. The molecule has 2 rings (SSSR count). The lowest BCUT2D eigenvalue weighted by Crippen LogP contribution is -2.33. The summed E-state index contributed by atoms with van der Waals surface area (Å²) in [6.45, 7) is 5.40. The van der Waals surface area contributed by atoms with Gasteiger partial charge in [-0.25, -0.2) is 0 Å². The van der Waals surface area contributed by atoms with Gasteiger partial charge in [0.15, 0.2) is 0 Å². The Bertz CT molecular complexity index is 543. The Morgan fingerprint density at radius 1 is 1.50 bits per heavy atom. The predicted molar refractivity (Wildman–Crippen MR) is 79.0 cm³/mol. The molecule has 0 unspecified atom stereocenters. The van der Waals surface area contributed by atoms with E-state index in [2.05, 4.69) is 10.2 Å². The second-order valence-corrected chi connectivity index (χ2v) is 5.64. The number of thiophene rings is 1. The number of carbonyl (C=O) groups excluding carboxylic acids is 1. The Morgan fingerprint density at radius 3 is 2.85 bits per heavy atom. The van der Waals surface area contributed by atoms with Crippen LogP contribution in [0.1, 0.15) is 26.6 Å². The van der Waals surface area contributed by atoms with Crippen molar-refractivity contribution < 1.29 is 9.53 Å². The highest BCUT2D eigenvalue weighted by Gasteiger charge is 2.22. The third-order valence-electron chi connectivity index (χ3n) is 3.12. The van der Waals surface area contributed by atoms with Crippen molar-refractivity contribution in [3.8, 4) is 0 Å². The molecule has 5 nitrogen and oxygen atoms in total. The van der Waals surface area contributed by atoms with E-state index in [1.165, 1.54) is 0 Å². The predicted octanol–water partition coefficient (Wildman–Crippen LogP) is 2.38. The van der Waals surface area contributed by atoms with Gasteiger partial charge in [-0.1, -0.05) is 6.07 Å². The van der Waals surface area contributed by atoms with Crippen molar-refractivity contribution >= 4 is 17.2 Å². The first-order valence-corrected chi connectivity index (χ1v) is 7.33. The Labute approximate surface area is 122 Å². The van der Waals surface area contributed by atoms with E-state index in [4.69, 9.17) is 4.74 Å². The molecular weight excluding hydrogens is 274 g/mol. The van der Waals surface area contributed by atoms with Crippen LogP contribution in [0.15, 0.2) is 17.5 Å². The first kappa shape index (κ1) is 14.7. The number of H-pyrrole nitrogens is 1. The summed E-state index contributed by atoms with van der Waals surface area (Å²) < 4.78 is 5.11. The lowest BCUT2D eigenvalue weighted by atomic mass is 10.1. The Balaban J connectivity index is 2.19. The molecule has 0 radical (unpaired) electrons. The Kier molecular flexibility index (Phi) is 4.92. The van der Waals surface area contributed by atoms with Crippen LogP contribution in [-0.4, -0.2) is 41.3 Å². The van der Waals surface area contributed by atoms with Crippen LogP contribution >= 0.6 is 11.3 Å². The summed E-state index contributed by atoms with van der Waals surface area (Å²) in [6.07, 6.45) is 0. The molecule has 0 aromatic carbocycles. The van der Waals surface area contributed by atoms with Crippen molar-refractivity contribution in [3.63, 3.8) is 0 Å². The fraction of sp³-hybridized carbons (Fsp3) is 0.429. The van der Waals surface area contributed by atoms with E-state index >= 15 is 0 Å². The molecule has 6 heteroatoms. The fourth-order valence-electron chi connectivity index (χ4n) is 2.07. The van der Waals surface area contributed by atoms with Crippen LogP contribution in [-0.2, 0) is 11.3 Å². The van der Waals surface area contributed by atoms with Crippen LogP contribution in [0.2, 0.25) is 0 Å². The summed E-state index contributed by atoms with van der Waals surface area (Å²) in [5, 5.41) is 8.97. The van der Waals surface area contributed by atoms with E-state index in [9.17, 15) is 4.79 Å². The van der Waals surface area contributed by atoms with Gasteiger partial charge >= 0.3 is 0 Å². The lowest BCUT2D eigenvalue weighted by molar-refractivity contribution is 0.0681. The molecule has 0 atom stereocenters. The van der Waals surface area contributed by atoms with Gasteiger partial charge in [0.25, 0.3) is 5.91 Å². The largest absolute Gasteiger partial charge is 0.383 e. The fourth-order valence-corrected chi connectivity index (χ4v) is 2.79. The van der Waals surface area contributed by atoms with Crippen LogP contribution in [0.3, 0.4) is 0 Å². The van der Waals surface area contributed by atoms with Gasteiger partial charge in [0.05, 0.1) is 24.4 Å². The van der Waals surface area contributed by atoms with E-state index in [0.29, 0.717) is 25.3 Å². The second kappa shape index (κ2) is 6.67. The number of aromatic amines is 1. The maximum Gasteiger partial charge on any atom is 0.257 e. The van der Waals surface area contributed by atoms with Crippen LogP contribution in [0.4, 0.5) is 0 Å². The number of amides is 1. The molecule has 0 fully saturated rings. The number of ether oxygens (including phenoxy) is 1. The van der Waals surface area contributed by atoms with Crippen molar-refractivity contribution in [1.82, 2.24) is 15.1 Å². The molecular formula is C14H19N3O2S. The molecule has 2 heterocycles. The summed E-state index contributed by atoms with van der Waals surface area (Å²) in [7, 11) is 1.64. The molecule has 0 aliphatic rings. The smallest absolute Gasteiger partial charge is 0.257 e. The van der Waals surface area contributed by atoms with Crippen molar-refractivity contribution in [1.29, 1.82) is 0 Å². The molecule has 0 aliphatic carbocycles. The van der Waals surface area contributed by atoms with Crippen LogP contribution in [0, 0.1) is 13.8 Å². The second-order valence-electron chi connectivity index (χ2n) is 4.61. The van der Waals surface area contributed by atoms with E-state index in [1.54, 1.807) is 23.3 Å². The number of methoxy groups -OCH3 is 1. The van der Waals surface area contributed by atoms with Crippen LogP contribution in [0.5, 0.6) is 0 Å². The number of aryl methyl sites for hydroxylation is 2. The van der Waals surface area contributed by atoms with Gasteiger partial charge in [-0.2, -0.15) is 5.10 Å². The number of hydrogen-bond acceptors (Lipinski definition) is 4. The maximum absolute atomic E-state index is 12.7. The zero-order valence-corrected chi connectivity index (χ0v) is 12.8. The molecule has 0 bridgehead atoms. The molecule has 0 aliphatic heterocycles. The first-order valence-electron chi connectivity index (χ1n) is 6.45. The molecule has 108 valence electrons. The van der Waals surface area contributed by atoms with Gasteiger partial charge in [0, 0.05) is 24.2 Å². The highest BCUT2D eigenvalue weighted by molar-refractivity contribution is 7.09. The monoisotopic (exact) mass is 293 g/mol. The van der Waals surface area contributed by atoms with Gasteiger partial charge in [-0.3, -0.25) is 9.89 Å².